The number of hydrogen-bond acceptors (Lipinski definition) is 3. The van der Waals surface area contributed by atoms with Crippen LogP contribution in [-0.2, 0) is 16.1 Å². The van der Waals surface area contributed by atoms with Crippen LogP contribution in [0.1, 0.15) is 17.5 Å². The fraction of sp³-hybridized carbons (Fsp3) is 0.350. The van der Waals surface area contributed by atoms with Crippen molar-refractivity contribution in [1.29, 1.82) is 0 Å². The average molecular weight is 351 g/mol. The molecule has 1 aromatic carbocycles. The molecule has 26 heavy (non-hydrogen) atoms. The van der Waals surface area contributed by atoms with E-state index >= 15 is 0 Å². The lowest BCUT2D eigenvalue weighted by molar-refractivity contribution is -0.146. The van der Waals surface area contributed by atoms with Crippen LogP contribution in [0, 0.1) is 30.6 Å². The second-order valence-corrected chi connectivity index (χ2v) is 7.21. The molecule has 1 amide bonds. The quantitative estimate of drug-likeness (QED) is 0.811. The number of anilines is 1. The minimum Gasteiger partial charge on any atom is -0.481 e. The molecule has 4 rings (SSSR count). The maximum atomic E-state index is 12.7. The van der Waals surface area contributed by atoms with Gasteiger partial charge in [-0.2, -0.15) is 5.10 Å². The van der Waals surface area contributed by atoms with E-state index in [4.69, 9.17) is 0 Å². The Kier molecular flexibility index (Phi) is 4.11. The predicted molar refractivity (Wildman–Crippen MR) is 96.5 cm³/mol. The largest absolute Gasteiger partial charge is 0.481 e. The number of allylic oxidation sites excluding steroid dienone is 2. The summed E-state index contributed by atoms with van der Waals surface area (Å²) in [5.41, 5.74) is 2.33. The molecule has 2 aromatic rings. The van der Waals surface area contributed by atoms with Gasteiger partial charge >= 0.3 is 5.97 Å². The van der Waals surface area contributed by atoms with Crippen molar-refractivity contribution in [3.05, 3.63) is 59.8 Å². The molecular weight excluding hydrogens is 330 g/mol. The number of amides is 1. The fourth-order valence-electron chi connectivity index (χ4n) is 4.12. The molecule has 6 heteroatoms. The van der Waals surface area contributed by atoms with Crippen LogP contribution in [0.3, 0.4) is 0 Å². The van der Waals surface area contributed by atoms with Crippen molar-refractivity contribution in [3.8, 4) is 0 Å². The molecule has 0 radical (unpaired) electrons. The Morgan fingerprint density at radius 3 is 2.54 bits per heavy atom. The number of rotatable bonds is 5. The van der Waals surface area contributed by atoms with E-state index in [1.165, 1.54) is 5.56 Å². The lowest BCUT2D eigenvalue weighted by Crippen LogP contribution is -2.36. The summed E-state index contributed by atoms with van der Waals surface area (Å²) in [6.07, 6.45) is 6.47. The molecule has 2 aliphatic carbocycles. The van der Waals surface area contributed by atoms with Gasteiger partial charge in [-0.15, -0.1) is 0 Å². The van der Waals surface area contributed by atoms with Crippen molar-refractivity contribution in [3.63, 3.8) is 0 Å². The highest BCUT2D eigenvalue weighted by molar-refractivity contribution is 5.95. The molecular formula is C20H21N3O3. The predicted octanol–water partition coefficient (Wildman–Crippen LogP) is 2.70. The van der Waals surface area contributed by atoms with Gasteiger partial charge < -0.3 is 10.4 Å². The Morgan fingerprint density at radius 2 is 1.85 bits per heavy atom. The van der Waals surface area contributed by atoms with E-state index in [0.717, 1.165) is 12.0 Å². The first-order valence-electron chi connectivity index (χ1n) is 8.82. The third kappa shape index (κ3) is 3.03. The van der Waals surface area contributed by atoms with Gasteiger partial charge in [0.1, 0.15) is 0 Å². The highest BCUT2D eigenvalue weighted by Gasteiger charge is 2.51. The van der Waals surface area contributed by atoms with Gasteiger partial charge in [-0.05, 0) is 30.7 Å². The second-order valence-electron chi connectivity index (χ2n) is 7.21. The van der Waals surface area contributed by atoms with Crippen LogP contribution in [0.5, 0.6) is 0 Å². The lowest BCUT2D eigenvalue weighted by Gasteiger charge is -2.23. The smallest absolute Gasteiger partial charge is 0.307 e. The molecule has 0 aliphatic heterocycles. The first kappa shape index (κ1) is 16.6. The number of aromatic nitrogens is 2. The fourth-order valence-corrected chi connectivity index (χ4v) is 4.12. The molecule has 6 nitrogen and oxygen atoms in total. The van der Waals surface area contributed by atoms with Crippen LogP contribution >= 0.6 is 0 Å². The number of aryl methyl sites for hydroxylation is 1. The van der Waals surface area contributed by atoms with Crippen molar-refractivity contribution >= 4 is 17.7 Å². The molecule has 1 fully saturated rings. The zero-order chi connectivity index (χ0) is 18.3. The number of hydrogen-bond donors (Lipinski definition) is 2. The third-order valence-electron chi connectivity index (χ3n) is 5.40. The Labute approximate surface area is 151 Å². The van der Waals surface area contributed by atoms with E-state index in [-0.39, 0.29) is 17.7 Å². The summed E-state index contributed by atoms with van der Waals surface area (Å²) in [5.74, 6) is -1.88. The van der Waals surface area contributed by atoms with E-state index in [9.17, 15) is 14.7 Å². The number of fused-ring (bicyclic) bond motifs is 2. The van der Waals surface area contributed by atoms with Gasteiger partial charge in [0.25, 0.3) is 0 Å². The molecule has 2 N–H and O–H groups in total. The number of benzene rings is 1. The molecule has 4 atom stereocenters. The van der Waals surface area contributed by atoms with Crippen LogP contribution in [0.4, 0.5) is 5.82 Å². The molecule has 0 saturated heterocycles. The maximum absolute atomic E-state index is 12.7. The Balaban J connectivity index is 1.44. The van der Waals surface area contributed by atoms with Crippen molar-refractivity contribution in [1.82, 2.24) is 9.78 Å². The molecule has 0 unspecified atom stereocenters. The molecule has 2 bridgehead atoms. The molecule has 1 heterocycles. The van der Waals surface area contributed by atoms with Gasteiger partial charge in [-0.3, -0.25) is 14.3 Å². The third-order valence-corrected chi connectivity index (χ3v) is 5.40. The zero-order valence-electron chi connectivity index (χ0n) is 14.5. The summed E-state index contributed by atoms with van der Waals surface area (Å²) >= 11 is 0. The number of nitrogens with zero attached hydrogens (tertiary/aromatic N) is 2. The summed E-state index contributed by atoms with van der Waals surface area (Å²) < 4.78 is 1.76. The van der Waals surface area contributed by atoms with Crippen LogP contribution in [0.2, 0.25) is 0 Å². The number of carboxylic acids is 1. The van der Waals surface area contributed by atoms with E-state index in [2.05, 4.69) is 22.5 Å². The SMILES string of the molecule is Cc1ccc(Cn2ccc(NC(=O)[C@@H]3[C@@H](C(=O)O)[C@H]4C=C[C@@H]3C4)n2)cc1. The first-order chi connectivity index (χ1) is 12.5. The molecule has 134 valence electrons. The number of carbonyl (C=O) groups is 2. The highest BCUT2D eigenvalue weighted by Crippen LogP contribution is 2.48. The van der Waals surface area contributed by atoms with Gasteiger partial charge in [0.2, 0.25) is 5.91 Å². The summed E-state index contributed by atoms with van der Waals surface area (Å²) in [5, 5.41) is 16.7. The van der Waals surface area contributed by atoms with Gasteiger partial charge in [-0.1, -0.05) is 42.0 Å². The lowest BCUT2D eigenvalue weighted by atomic mass is 9.82. The van der Waals surface area contributed by atoms with Gasteiger partial charge in [0, 0.05) is 12.3 Å². The summed E-state index contributed by atoms with van der Waals surface area (Å²) in [4.78, 5) is 24.2. The average Bonchev–Trinajstić information content (AvgIpc) is 3.32. The van der Waals surface area contributed by atoms with Crippen molar-refractivity contribution in [2.45, 2.75) is 19.9 Å². The van der Waals surface area contributed by atoms with E-state index in [1.54, 1.807) is 10.7 Å². The Hall–Kier alpha value is -2.89. The normalized spacial score (nSPS) is 26.2. The van der Waals surface area contributed by atoms with E-state index in [0.29, 0.717) is 12.4 Å². The van der Waals surface area contributed by atoms with Crippen LogP contribution in [0.25, 0.3) is 0 Å². The number of aliphatic carboxylic acids is 1. The number of carboxylic acid groups (broad SMARTS) is 1. The molecule has 2 aliphatic rings. The standard InChI is InChI=1S/C20H21N3O3/c1-12-2-4-13(5-3-12)11-23-9-8-16(22-23)21-19(24)17-14-6-7-15(10-14)18(17)20(25)26/h2-9,14-15,17-18H,10-11H2,1H3,(H,25,26)(H,21,22,24)/t14-,15+,17+,18+/m1/s1. The molecule has 0 spiro atoms. The van der Waals surface area contributed by atoms with Crippen LogP contribution < -0.4 is 5.32 Å². The van der Waals surface area contributed by atoms with Gasteiger partial charge in [0.15, 0.2) is 5.82 Å². The topological polar surface area (TPSA) is 84.2 Å². The van der Waals surface area contributed by atoms with Crippen molar-refractivity contribution in [2.24, 2.45) is 23.7 Å². The van der Waals surface area contributed by atoms with E-state index in [1.807, 2.05) is 37.4 Å². The highest BCUT2D eigenvalue weighted by atomic mass is 16.4. The first-order valence-corrected chi connectivity index (χ1v) is 8.82. The summed E-state index contributed by atoms with van der Waals surface area (Å²) in [6.45, 7) is 2.66. The zero-order valence-corrected chi connectivity index (χ0v) is 14.5. The minimum absolute atomic E-state index is 0.00995. The van der Waals surface area contributed by atoms with E-state index < -0.39 is 17.8 Å². The van der Waals surface area contributed by atoms with Crippen LogP contribution in [0.15, 0.2) is 48.7 Å². The second kappa shape index (κ2) is 6.44. The number of carbonyl (C=O) groups excluding carboxylic acids is 1. The van der Waals surface area contributed by atoms with Crippen LogP contribution in [-0.4, -0.2) is 26.8 Å². The van der Waals surface area contributed by atoms with Crippen molar-refractivity contribution < 1.29 is 14.7 Å². The Bertz CT molecular complexity index is 869. The minimum atomic E-state index is -0.896. The molecule has 1 aromatic heterocycles. The summed E-state index contributed by atoms with van der Waals surface area (Å²) in [7, 11) is 0. The number of nitrogens with one attached hydrogen (secondary N) is 1. The monoisotopic (exact) mass is 351 g/mol. The van der Waals surface area contributed by atoms with Gasteiger partial charge in [-0.25, -0.2) is 0 Å². The van der Waals surface area contributed by atoms with Gasteiger partial charge in [0.05, 0.1) is 18.4 Å². The molecule has 1 saturated carbocycles. The Morgan fingerprint density at radius 1 is 1.15 bits per heavy atom. The van der Waals surface area contributed by atoms with Crippen molar-refractivity contribution in [2.75, 3.05) is 5.32 Å². The summed E-state index contributed by atoms with van der Waals surface area (Å²) in [6, 6.07) is 9.94. The maximum Gasteiger partial charge on any atom is 0.307 e.